The molecule has 0 aliphatic carbocycles. The fourth-order valence-electron chi connectivity index (χ4n) is 3.87. The average molecular weight is 408 g/mol. The molecule has 0 saturated carbocycles. The van der Waals surface area contributed by atoms with Gasteiger partial charge in [-0.2, -0.15) is 0 Å². The van der Waals surface area contributed by atoms with Crippen molar-refractivity contribution >= 4 is 22.5 Å². The fraction of sp³-hybridized carbons (Fsp3) is 0.174. The van der Waals surface area contributed by atoms with Gasteiger partial charge in [-0.05, 0) is 54.1 Å². The van der Waals surface area contributed by atoms with Crippen molar-refractivity contribution in [2.45, 2.75) is 13.1 Å². The van der Waals surface area contributed by atoms with Gasteiger partial charge < -0.3 is 9.30 Å². The Morgan fingerprint density at radius 3 is 2.79 bits per heavy atom. The number of hydrogen-bond donors (Lipinski definition) is 0. The number of pyridine rings is 1. The molecular formula is C23H19ClFN3O. The van der Waals surface area contributed by atoms with Gasteiger partial charge in [0.1, 0.15) is 18.2 Å². The molecule has 5 rings (SSSR count). The Kier molecular flexibility index (Phi) is 4.70. The van der Waals surface area contributed by atoms with E-state index in [0.717, 1.165) is 47.5 Å². The summed E-state index contributed by atoms with van der Waals surface area (Å²) in [4.78, 5) is 6.43. The zero-order valence-corrected chi connectivity index (χ0v) is 16.4. The summed E-state index contributed by atoms with van der Waals surface area (Å²) in [6.45, 7) is 2.95. The number of halogens is 2. The Bertz CT molecular complexity index is 1180. The molecule has 0 radical (unpaired) electrons. The molecule has 146 valence electrons. The molecule has 2 aromatic carbocycles. The Morgan fingerprint density at radius 1 is 1.07 bits per heavy atom. The third kappa shape index (κ3) is 3.59. The molecule has 6 heteroatoms. The minimum Gasteiger partial charge on any atom is -0.490 e. The van der Waals surface area contributed by atoms with Crippen molar-refractivity contribution in [1.29, 1.82) is 0 Å². The van der Waals surface area contributed by atoms with Gasteiger partial charge in [-0.15, -0.1) is 0 Å². The van der Waals surface area contributed by atoms with Crippen molar-refractivity contribution in [2.75, 3.05) is 13.2 Å². The maximum atomic E-state index is 13.5. The molecule has 0 saturated heterocycles. The molecule has 0 spiro atoms. The SMILES string of the molecule is Fc1ccc2c(ccn2-c2cc(Cl)c3c(c2)CN(Cc2ccncc2)CCO3)c1. The highest BCUT2D eigenvalue weighted by Gasteiger charge is 2.20. The summed E-state index contributed by atoms with van der Waals surface area (Å²) in [7, 11) is 0. The Hall–Kier alpha value is -2.89. The molecule has 0 N–H and O–H groups in total. The van der Waals surface area contributed by atoms with Crippen LogP contribution in [0.2, 0.25) is 5.02 Å². The van der Waals surface area contributed by atoms with Gasteiger partial charge >= 0.3 is 0 Å². The van der Waals surface area contributed by atoms with Gasteiger partial charge in [-0.1, -0.05) is 11.6 Å². The monoisotopic (exact) mass is 407 g/mol. The van der Waals surface area contributed by atoms with E-state index in [0.29, 0.717) is 11.6 Å². The molecule has 3 heterocycles. The van der Waals surface area contributed by atoms with Crippen LogP contribution in [-0.4, -0.2) is 27.6 Å². The Labute approximate surface area is 173 Å². The molecule has 1 aliphatic rings. The summed E-state index contributed by atoms with van der Waals surface area (Å²) in [5, 5.41) is 1.44. The lowest BCUT2D eigenvalue weighted by Crippen LogP contribution is -2.25. The summed E-state index contributed by atoms with van der Waals surface area (Å²) >= 11 is 6.60. The molecule has 0 unspecified atom stereocenters. The minimum atomic E-state index is -0.240. The van der Waals surface area contributed by atoms with E-state index in [-0.39, 0.29) is 5.82 Å². The van der Waals surface area contributed by atoms with Crippen LogP contribution in [-0.2, 0) is 13.1 Å². The van der Waals surface area contributed by atoms with Gasteiger partial charge in [-0.25, -0.2) is 4.39 Å². The summed E-state index contributed by atoms with van der Waals surface area (Å²) in [5.41, 5.74) is 4.13. The van der Waals surface area contributed by atoms with Gasteiger partial charge in [0, 0.05) is 54.9 Å². The Balaban J connectivity index is 1.51. The van der Waals surface area contributed by atoms with Crippen LogP contribution in [0.5, 0.6) is 5.75 Å². The number of aromatic nitrogens is 2. The van der Waals surface area contributed by atoms with Gasteiger partial charge in [-0.3, -0.25) is 9.88 Å². The normalized spacial score (nSPS) is 14.4. The average Bonchev–Trinajstić information content (AvgIpc) is 3.02. The number of ether oxygens (including phenoxy) is 1. The van der Waals surface area contributed by atoms with Crippen LogP contribution in [0.15, 0.2) is 67.1 Å². The van der Waals surface area contributed by atoms with E-state index in [1.165, 1.54) is 17.7 Å². The third-order valence-electron chi connectivity index (χ3n) is 5.24. The first kappa shape index (κ1) is 18.2. The van der Waals surface area contributed by atoms with Crippen LogP contribution >= 0.6 is 11.6 Å². The molecule has 1 aliphatic heterocycles. The third-order valence-corrected chi connectivity index (χ3v) is 5.52. The molecule has 29 heavy (non-hydrogen) atoms. The first-order valence-electron chi connectivity index (χ1n) is 9.51. The lowest BCUT2D eigenvalue weighted by molar-refractivity contribution is 0.219. The smallest absolute Gasteiger partial charge is 0.142 e. The minimum absolute atomic E-state index is 0.240. The first-order valence-corrected chi connectivity index (χ1v) is 9.89. The molecule has 2 aromatic heterocycles. The zero-order valence-electron chi connectivity index (χ0n) is 15.7. The highest BCUT2D eigenvalue weighted by molar-refractivity contribution is 6.32. The van der Waals surface area contributed by atoms with Gasteiger partial charge in [0.25, 0.3) is 0 Å². The molecular weight excluding hydrogens is 389 g/mol. The topological polar surface area (TPSA) is 30.3 Å². The van der Waals surface area contributed by atoms with E-state index in [1.54, 1.807) is 6.07 Å². The second kappa shape index (κ2) is 7.50. The standard InChI is InChI=1S/C23H19ClFN3O/c24-21-13-20(28-8-5-17-11-19(25)1-2-22(17)28)12-18-15-27(9-10-29-23(18)21)14-16-3-6-26-7-4-16/h1-8,11-13H,9-10,14-15H2. The van der Waals surface area contributed by atoms with Crippen molar-refractivity contribution < 1.29 is 9.13 Å². The quantitative estimate of drug-likeness (QED) is 0.467. The maximum Gasteiger partial charge on any atom is 0.142 e. The lowest BCUT2D eigenvalue weighted by atomic mass is 10.1. The molecule has 0 bridgehead atoms. The van der Waals surface area contributed by atoms with Crippen LogP contribution in [0.3, 0.4) is 0 Å². The van der Waals surface area contributed by atoms with Crippen molar-refractivity contribution in [2.24, 2.45) is 0 Å². The molecule has 0 fully saturated rings. The number of benzene rings is 2. The van der Waals surface area contributed by atoms with E-state index in [9.17, 15) is 4.39 Å². The fourth-order valence-corrected chi connectivity index (χ4v) is 4.16. The van der Waals surface area contributed by atoms with E-state index in [1.807, 2.05) is 47.4 Å². The zero-order chi connectivity index (χ0) is 19.8. The summed E-state index contributed by atoms with van der Waals surface area (Å²) < 4.78 is 21.6. The highest BCUT2D eigenvalue weighted by atomic mass is 35.5. The van der Waals surface area contributed by atoms with Crippen LogP contribution < -0.4 is 4.74 Å². The second-order valence-electron chi connectivity index (χ2n) is 7.22. The molecule has 0 amide bonds. The number of fused-ring (bicyclic) bond motifs is 2. The van der Waals surface area contributed by atoms with Gasteiger partial charge in [0.2, 0.25) is 0 Å². The van der Waals surface area contributed by atoms with Crippen LogP contribution in [0.25, 0.3) is 16.6 Å². The molecule has 4 aromatic rings. The van der Waals surface area contributed by atoms with E-state index < -0.39 is 0 Å². The predicted octanol–water partition coefficient (Wildman–Crippen LogP) is 5.21. The second-order valence-corrected chi connectivity index (χ2v) is 7.63. The number of hydrogen-bond acceptors (Lipinski definition) is 3. The summed E-state index contributed by atoms with van der Waals surface area (Å²) in [6.07, 6.45) is 5.56. The summed E-state index contributed by atoms with van der Waals surface area (Å²) in [6, 6.07) is 14.8. The van der Waals surface area contributed by atoms with Gasteiger partial charge in [0.05, 0.1) is 10.5 Å². The van der Waals surface area contributed by atoms with Crippen LogP contribution in [0.1, 0.15) is 11.1 Å². The number of nitrogens with zero attached hydrogens (tertiary/aromatic N) is 3. The van der Waals surface area contributed by atoms with Crippen molar-refractivity contribution in [1.82, 2.24) is 14.5 Å². The van der Waals surface area contributed by atoms with Crippen LogP contribution in [0, 0.1) is 5.82 Å². The highest BCUT2D eigenvalue weighted by Crippen LogP contribution is 2.35. The molecule has 0 atom stereocenters. The van der Waals surface area contributed by atoms with E-state index in [2.05, 4.69) is 16.0 Å². The van der Waals surface area contributed by atoms with E-state index in [4.69, 9.17) is 16.3 Å². The van der Waals surface area contributed by atoms with E-state index >= 15 is 0 Å². The van der Waals surface area contributed by atoms with Gasteiger partial charge in [0.15, 0.2) is 0 Å². The van der Waals surface area contributed by atoms with Crippen molar-refractivity contribution in [3.05, 3.63) is 89.1 Å². The Morgan fingerprint density at radius 2 is 1.93 bits per heavy atom. The van der Waals surface area contributed by atoms with Crippen molar-refractivity contribution in [3.63, 3.8) is 0 Å². The summed E-state index contributed by atoms with van der Waals surface area (Å²) in [5.74, 6) is 0.505. The molecule has 4 nitrogen and oxygen atoms in total. The maximum absolute atomic E-state index is 13.5. The number of rotatable bonds is 3. The lowest BCUT2D eigenvalue weighted by Gasteiger charge is -2.19. The predicted molar refractivity (Wildman–Crippen MR) is 112 cm³/mol. The van der Waals surface area contributed by atoms with Crippen LogP contribution in [0.4, 0.5) is 4.39 Å². The largest absolute Gasteiger partial charge is 0.490 e. The van der Waals surface area contributed by atoms with Crippen molar-refractivity contribution in [3.8, 4) is 11.4 Å². The first-order chi connectivity index (χ1) is 14.2.